The molecule has 3 rings (SSSR count). The number of rotatable bonds is 8. The molecule has 1 amide bonds. The van der Waals surface area contributed by atoms with Gasteiger partial charge in [0.15, 0.2) is 0 Å². The topological polar surface area (TPSA) is 75.3 Å². The molecule has 0 aromatic heterocycles. The second kappa shape index (κ2) is 9.49. The van der Waals surface area contributed by atoms with Crippen LogP contribution in [0.4, 0.5) is 0 Å². The molecular formula is C23H24N2O3S. The molecule has 0 aliphatic heterocycles. The van der Waals surface area contributed by atoms with Gasteiger partial charge in [0, 0.05) is 6.54 Å². The third-order valence-electron chi connectivity index (χ3n) is 4.54. The first-order valence-corrected chi connectivity index (χ1v) is 10.9. The van der Waals surface area contributed by atoms with Gasteiger partial charge >= 0.3 is 0 Å². The van der Waals surface area contributed by atoms with Crippen molar-refractivity contribution in [3.8, 4) is 0 Å². The third kappa shape index (κ3) is 6.01. The number of amides is 1. The summed E-state index contributed by atoms with van der Waals surface area (Å²) in [6.07, 6.45) is 0.257. The van der Waals surface area contributed by atoms with Gasteiger partial charge in [0.05, 0.1) is 4.90 Å². The predicted octanol–water partition coefficient (Wildman–Crippen LogP) is 3.20. The van der Waals surface area contributed by atoms with E-state index in [1.165, 1.54) is 0 Å². The van der Waals surface area contributed by atoms with Crippen molar-refractivity contribution in [2.45, 2.75) is 30.8 Å². The van der Waals surface area contributed by atoms with Crippen molar-refractivity contribution in [2.75, 3.05) is 0 Å². The Balaban J connectivity index is 1.78. The number of nitrogens with one attached hydrogen (secondary N) is 2. The second-order valence-corrected chi connectivity index (χ2v) is 8.59. The molecule has 1 atom stereocenters. The molecule has 0 heterocycles. The van der Waals surface area contributed by atoms with E-state index in [2.05, 4.69) is 10.0 Å². The minimum Gasteiger partial charge on any atom is -0.351 e. The van der Waals surface area contributed by atoms with Gasteiger partial charge in [-0.25, -0.2) is 8.42 Å². The molecule has 0 saturated carbocycles. The van der Waals surface area contributed by atoms with E-state index in [1.807, 2.05) is 67.6 Å². The lowest BCUT2D eigenvalue weighted by atomic mass is 10.1. The molecule has 3 aromatic rings. The zero-order valence-electron chi connectivity index (χ0n) is 16.2. The smallest absolute Gasteiger partial charge is 0.241 e. The Bertz CT molecular complexity index is 1030. The summed E-state index contributed by atoms with van der Waals surface area (Å²) in [5.41, 5.74) is 2.78. The number of carbonyl (C=O) groups excluding carboxylic acids is 1. The molecular weight excluding hydrogens is 384 g/mol. The van der Waals surface area contributed by atoms with Crippen LogP contribution in [-0.4, -0.2) is 20.4 Å². The Morgan fingerprint density at radius 1 is 0.828 bits per heavy atom. The number of hydrogen-bond donors (Lipinski definition) is 2. The molecule has 0 spiro atoms. The number of aryl methyl sites for hydroxylation is 1. The van der Waals surface area contributed by atoms with Gasteiger partial charge < -0.3 is 5.32 Å². The van der Waals surface area contributed by atoms with Crippen LogP contribution in [0.1, 0.15) is 16.7 Å². The van der Waals surface area contributed by atoms with Crippen molar-refractivity contribution >= 4 is 15.9 Å². The van der Waals surface area contributed by atoms with Crippen molar-refractivity contribution in [1.29, 1.82) is 0 Å². The Hall–Kier alpha value is -2.96. The predicted molar refractivity (Wildman–Crippen MR) is 114 cm³/mol. The molecule has 6 heteroatoms. The van der Waals surface area contributed by atoms with Crippen LogP contribution in [-0.2, 0) is 27.8 Å². The number of sulfonamides is 1. The Kier molecular flexibility index (Phi) is 6.80. The van der Waals surface area contributed by atoms with Gasteiger partial charge in [-0.15, -0.1) is 0 Å². The first-order valence-electron chi connectivity index (χ1n) is 9.38. The van der Waals surface area contributed by atoms with Crippen molar-refractivity contribution in [2.24, 2.45) is 0 Å². The molecule has 0 bridgehead atoms. The molecule has 29 heavy (non-hydrogen) atoms. The summed E-state index contributed by atoms with van der Waals surface area (Å²) in [6, 6.07) is 24.5. The van der Waals surface area contributed by atoms with E-state index >= 15 is 0 Å². The number of benzene rings is 3. The van der Waals surface area contributed by atoms with Crippen molar-refractivity contribution in [3.63, 3.8) is 0 Å². The highest BCUT2D eigenvalue weighted by Gasteiger charge is 2.26. The first-order chi connectivity index (χ1) is 13.9. The zero-order chi connectivity index (χ0) is 20.7. The molecule has 5 nitrogen and oxygen atoms in total. The van der Waals surface area contributed by atoms with E-state index in [4.69, 9.17) is 0 Å². The summed E-state index contributed by atoms with van der Waals surface area (Å²) in [5.74, 6) is -0.367. The third-order valence-corrected chi connectivity index (χ3v) is 6.02. The summed E-state index contributed by atoms with van der Waals surface area (Å²) in [6.45, 7) is 2.22. The number of hydrogen-bond acceptors (Lipinski definition) is 3. The average Bonchev–Trinajstić information content (AvgIpc) is 2.73. The van der Waals surface area contributed by atoms with Gasteiger partial charge in [0.2, 0.25) is 15.9 Å². The minimum absolute atomic E-state index is 0.136. The van der Waals surface area contributed by atoms with Crippen molar-refractivity contribution < 1.29 is 13.2 Å². The van der Waals surface area contributed by atoms with Crippen LogP contribution < -0.4 is 10.0 Å². The van der Waals surface area contributed by atoms with Crippen molar-refractivity contribution in [1.82, 2.24) is 10.0 Å². The van der Waals surface area contributed by atoms with Crippen LogP contribution in [0.3, 0.4) is 0 Å². The fraction of sp³-hybridized carbons (Fsp3) is 0.174. The quantitative estimate of drug-likeness (QED) is 0.601. The molecule has 0 aliphatic carbocycles. The molecule has 2 N–H and O–H groups in total. The van der Waals surface area contributed by atoms with Gasteiger partial charge in [-0.1, -0.05) is 78.4 Å². The van der Waals surface area contributed by atoms with Crippen LogP contribution in [0.15, 0.2) is 89.8 Å². The molecule has 0 fully saturated rings. The standard InChI is InChI=1S/C23H24N2O3S/c1-18-12-14-21(15-13-18)29(27,28)25-22(16-19-8-4-2-5-9-19)23(26)24-17-20-10-6-3-7-11-20/h2-15,22,25H,16-17H2,1H3,(H,24,26)/t22-/m0/s1. The highest BCUT2D eigenvalue weighted by molar-refractivity contribution is 7.89. The lowest BCUT2D eigenvalue weighted by Crippen LogP contribution is -2.47. The summed E-state index contributed by atoms with van der Waals surface area (Å²) < 4.78 is 28.2. The van der Waals surface area contributed by atoms with Crippen LogP contribution in [0.25, 0.3) is 0 Å². The Morgan fingerprint density at radius 3 is 1.97 bits per heavy atom. The largest absolute Gasteiger partial charge is 0.351 e. The fourth-order valence-corrected chi connectivity index (χ4v) is 4.11. The van der Waals surface area contributed by atoms with Crippen molar-refractivity contribution in [3.05, 3.63) is 102 Å². The highest BCUT2D eigenvalue weighted by Crippen LogP contribution is 2.13. The van der Waals surface area contributed by atoms with Crippen LogP contribution >= 0.6 is 0 Å². The minimum atomic E-state index is -3.84. The SMILES string of the molecule is Cc1ccc(S(=O)(=O)N[C@@H](Cc2ccccc2)C(=O)NCc2ccccc2)cc1. The summed E-state index contributed by atoms with van der Waals surface area (Å²) in [5, 5.41) is 2.84. The van der Waals surface area contributed by atoms with E-state index in [0.29, 0.717) is 6.54 Å². The molecule has 0 radical (unpaired) electrons. The summed E-state index contributed by atoms with van der Waals surface area (Å²) >= 11 is 0. The maximum Gasteiger partial charge on any atom is 0.241 e. The van der Waals surface area contributed by atoms with E-state index < -0.39 is 16.1 Å². The molecule has 150 valence electrons. The molecule has 3 aromatic carbocycles. The number of carbonyl (C=O) groups is 1. The Labute approximate surface area is 171 Å². The van der Waals surface area contributed by atoms with Gasteiger partial charge in [-0.3, -0.25) is 4.79 Å². The van der Waals surface area contributed by atoms with Gasteiger partial charge in [-0.05, 0) is 36.6 Å². The fourth-order valence-electron chi connectivity index (χ4n) is 2.92. The van der Waals surface area contributed by atoms with Crippen LogP contribution in [0.2, 0.25) is 0 Å². The Morgan fingerprint density at radius 2 is 1.38 bits per heavy atom. The summed E-state index contributed by atoms with van der Waals surface area (Å²) in [7, 11) is -3.84. The van der Waals surface area contributed by atoms with E-state index in [-0.39, 0.29) is 17.2 Å². The van der Waals surface area contributed by atoms with E-state index in [9.17, 15) is 13.2 Å². The van der Waals surface area contributed by atoms with Gasteiger partial charge in [0.1, 0.15) is 6.04 Å². The van der Waals surface area contributed by atoms with E-state index in [0.717, 1.165) is 16.7 Å². The van der Waals surface area contributed by atoms with Crippen LogP contribution in [0, 0.1) is 6.92 Å². The highest BCUT2D eigenvalue weighted by atomic mass is 32.2. The average molecular weight is 409 g/mol. The zero-order valence-corrected chi connectivity index (χ0v) is 17.0. The maximum atomic E-state index is 12.8. The van der Waals surface area contributed by atoms with Gasteiger partial charge in [0.25, 0.3) is 0 Å². The molecule has 0 saturated heterocycles. The molecule has 0 unspecified atom stereocenters. The second-order valence-electron chi connectivity index (χ2n) is 6.88. The summed E-state index contributed by atoms with van der Waals surface area (Å²) in [4.78, 5) is 13.0. The van der Waals surface area contributed by atoms with Gasteiger partial charge in [-0.2, -0.15) is 4.72 Å². The first kappa shape index (κ1) is 20.8. The molecule has 0 aliphatic rings. The monoisotopic (exact) mass is 408 g/mol. The maximum absolute atomic E-state index is 12.8. The normalized spacial score (nSPS) is 12.3. The van der Waals surface area contributed by atoms with Crippen LogP contribution in [0.5, 0.6) is 0 Å². The lowest BCUT2D eigenvalue weighted by molar-refractivity contribution is -0.122. The lowest BCUT2D eigenvalue weighted by Gasteiger charge is -2.19. The van der Waals surface area contributed by atoms with E-state index in [1.54, 1.807) is 24.3 Å².